The van der Waals surface area contributed by atoms with Crippen LogP contribution in [-0.4, -0.2) is 22.9 Å². The lowest BCUT2D eigenvalue weighted by Gasteiger charge is -2.12. The van der Waals surface area contributed by atoms with Crippen molar-refractivity contribution in [3.63, 3.8) is 0 Å². The summed E-state index contributed by atoms with van der Waals surface area (Å²) in [6.45, 7) is 2.05. The third kappa shape index (κ3) is 5.09. The first-order valence-electron chi connectivity index (χ1n) is 7.92. The van der Waals surface area contributed by atoms with Crippen molar-refractivity contribution in [2.75, 3.05) is 0 Å². The average Bonchev–Trinajstić information content (AvgIpc) is 2.61. The third-order valence-corrected chi connectivity index (χ3v) is 3.76. The zero-order chi connectivity index (χ0) is 17.4. The molecular formula is C20H21NO3. The fraction of sp³-hybridized carbons (Fsp3) is 0.200. The van der Waals surface area contributed by atoms with Crippen molar-refractivity contribution >= 4 is 11.8 Å². The van der Waals surface area contributed by atoms with Gasteiger partial charge in [0.2, 0.25) is 0 Å². The Labute approximate surface area is 141 Å². The largest absolute Gasteiger partial charge is 0.480 e. The molecule has 0 saturated carbocycles. The van der Waals surface area contributed by atoms with Crippen molar-refractivity contribution in [2.45, 2.75) is 25.8 Å². The predicted octanol–water partition coefficient (Wildman–Crippen LogP) is 3.23. The highest BCUT2D eigenvalue weighted by Crippen LogP contribution is 2.07. The molecule has 0 radical (unpaired) electrons. The van der Waals surface area contributed by atoms with Gasteiger partial charge >= 0.3 is 5.97 Å². The van der Waals surface area contributed by atoms with E-state index in [1.165, 1.54) is 17.8 Å². The van der Waals surface area contributed by atoms with Crippen molar-refractivity contribution in [3.8, 4) is 0 Å². The summed E-state index contributed by atoms with van der Waals surface area (Å²) in [5.41, 5.74) is 2.68. The summed E-state index contributed by atoms with van der Waals surface area (Å²) >= 11 is 0. The molecule has 4 nitrogen and oxygen atoms in total. The molecule has 0 saturated heterocycles. The van der Waals surface area contributed by atoms with Crippen LogP contribution in [0, 0.1) is 0 Å². The standard InChI is InChI=1S/C20H21NO3/c1-2-15-8-10-17(11-9-15)19(22)12-13-21-18(20(23)24)14-16-6-4-3-5-7-16/h3-13,18,21H,2,14H2,1H3,(H,23,24)/b13-12-. The fourth-order valence-electron chi connectivity index (χ4n) is 2.31. The molecule has 0 aromatic heterocycles. The van der Waals surface area contributed by atoms with E-state index in [9.17, 15) is 14.7 Å². The second-order valence-corrected chi connectivity index (χ2v) is 5.50. The highest BCUT2D eigenvalue weighted by molar-refractivity contribution is 6.04. The Morgan fingerprint density at radius 2 is 1.71 bits per heavy atom. The van der Waals surface area contributed by atoms with Gasteiger partial charge in [0.1, 0.15) is 6.04 Å². The molecule has 124 valence electrons. The van der Waals surface area contributed by atoms with E-state index in [-0.39, 0.29) is 5.78 Å². The normalized spacial score (nSPS) is 12.0. The number of carbonyl (C=O) groups excluding carboxylic acids is 1. The Morgan fingerprint density at radius 1 is 1.04 bits per heavy atom. The van der Waals surface area contributed by atoms with Crippen molar-refractivity contribution in [1.29, 1.82) is 0 Å². The number of carbonyl (C=O) groups is 2. The first-order valence-corrected chi connectivity index (χ1v) is 7.92. The molecule has 2 aromatic carbocycles. The number of carboxylic acids is 1. The Morgan fingerprint density at radius 3 is 2.29 bits per heavy atom. The molecule has 0 bridgehead atoms. The quantitative estimate of drug-likeness (QED) is 0.578. The average molecular weight is 323 g/mol. The number of nitrogens with one attached hydrogen (secondary N) is 1. The minimum atomic E-state index is -0.955. The fourth-order valence-corrected chi connectivity index (χ4v) is 2.31. The summed E-state index contributed by atoms with van der Waals surface area (Å²) in [6, 6.07) is 16.0. The van der Waals surface area contributed by atoms with Gasteiger partial charge in [-0.05, 0) is 17.5 Å². The van der Waals surface area contributed by atoms with Gasteiger partial charge in [-0.3, -0.25) is 4.79 Å². The van der Waals surface area contributed by atoms with Gasteiger partial charge in [-0.2, -0.15) is 0 Å². The van der Waals surface area contributed by atoms with Crippen molar-refractivity contribution in [1.82, 2.24) is 5.32 Å². The molecule has 0 amide bonds. The van der Waals surface area contributed by atoms with E-state index in [1.54, 1.807) is 12.1 Å². The minimum Gasteiger partial charge on any atom is -0.480 e. The molecule has 1 unspecified atom stereocenters. The highest BCUT2D eigenvalue weighted by Gasteiger charge is 2.15. The lowest BCUT2D eigenvalue weighted by molar-refractivity contribution is -0.139. The molecule has 2 aromatic rings. The first-order chi connectivity index (χ1) is 11.6. The van der Waals surface area contributed by atoms with Crippen LogP contribution in [0.4, 0.5) is 0 Å². The molecule has 0 heterocycles. The Bertz CT molecular complexity index is 705. The van der Waals surface area contributed by atoms with Crippen LogP contribution >= 0.6 is 0 Å². The van der Waals surface area contributed by atoms with Crippen molar-refractivity contribution in [3.05, 3.63) is 83.6 Å². The maximum Gasteiger partial charge on any atom is 0.326 e. The number of hydrogen-bond acceptors (Lipinski definition) is 3. The monoisotopic (exact) mass is 323 g/mol. The van der Waals surface area contributed by atoms with E-state index in [2.05, 4.69) is 12.2 Å². The van der Waals surface area contributed by atoms with E-state index in [0.717, 1.165) is 12.0 Å². The van der Waals surface area contributed by atoms with Crippen LogP contribution in [0.5, 0.6) is 0 Å². The molecule has 1 atom stereocenters. The maximum absolute atomic E-state index is 12.1. The Kier molecular flexibility index (Phi) is 6.32. The van der Waals surface area contributed by atoms with Gasteiger partial charge in [-0.15, -0.1) is 0 Å². The number of aryl methyl sites for hydroxylation is 1. The molecule has 2 rings (SSSR count). The van der Waals surface area contributed by atoms with E-state index in [0.29, 0.717) is 12.0 Å². The number of aliphatic carboxylic acids is 1. The lowest BCUT2D eigenvalue weighted by atomic mass is 10.1. The number of allylic oxidation sites excluding steroid dienone is 1. The van der Waals surface area contributed by atoms with Gasteiger partial charge in [0.15, 0.2) is 5.78 Å². The third-order valence-electron chi connectivity index (χ3n) is 3.76. The molecule has 0 aliphatic carbocycles. The maximum atomic E-state index is 12.1. The summed E-state index contributed by atoms with van der Waals surface area (Å²) in [5.74, 6) is -1.11. The molecule has 0 fully saturated rings. The van der Waals surface area contributed by atoms with Crippen molar-refractivity contribution < 1.29 is 14.7 Å². The summed E-state index contributed by atoms with van der Waals surface area (Å²) in [4.78, 5) is 23.4. The van der Waals surface area contributed by atoms with E-state index < -0.39 is 12.0 Å². The molecule has 24 heavy (non-hydrogen) atoms. The number of benzene rings is 2. The van der Waals surface area contributed by atoms with Gasteiger partial charge in [-0.25, -0.2) is 4.79 Å². The Balaban J connectivity index is 1.96. The molecule has 0 aliphatic heterocycles. The van der Waals surface area contributed by atoms with Gasteiger partial charge in [-0.1, -0.05) is 61.5 Å². The number of carboxylic acid groups (broad SMARTS) is 1. The van der Waals surface area contributed by atoms with E-state index in [1.807, 2.05) is 42.5 Å². The van der Waals surface area contributed by atoms with Crippen LogP contribution < -0.4 is 5.32 Å². The minimum absolute atomic E-state index is 0.158. The number of ketones is 1. The second kappa shape index (κ2) is 8.67. The van der Waals surface area contributed by atoms with Crippen LogP contribution in [0.25, 0.3) is 0 Å². The van der Waals surface area contributed by atoms with Gasteiger partial charge < -0.3 is 10.4 Å². The van der Waals surface area contributed by atoms with Crippen LogP contribution in [0.3, 0.4) is 0 Å². The van der Waals surface area contributed by atoms with Gasteiger partial charge in [0.25, 0.3) is 0 Å². The van der Waals surface area contributed by atoms with E-state index >= 15 is 0 Å². The molecule has 4 heteroatoms. The summed E-state index contributed by atoms with van der Waals surface area (Å²) in [5, 5.41) is 12.1. The number of hydrogen-bond donors (Lipinski definition) is 2. The van der Waals surface area contributed by atoms with Crippen LogP contribution in [0.1, 0.15) is 28.4 Å². The zero-order valence-electron chi connectivity index (χ0n) is 13.6. The van der Waals surface area contributed by atoms with E-state index in [4.69, 9.17) is 0 Å². The summed E-state index contributed by atoms with van der Waals surface area (Å²) < 4.78 is 0. The topological polar surface area (TPSA) is 66.4 Å². The van der Waals surface area contributed by atoms with Crippen LogP contribution in [-0.2, 0) is 17.6 Å². The van der Waals surface area contributed by atoms with Gasteiger partial charge in [0, 0.05) is 24.3 Å². The predicted molar refractivity (Wildman–Crippen MR) is 94.0 cm³/mol. The molecule has 0 spiro atoms. The molecule has 0 aliphatic rings. The van der Waals surface area contributed by atoms with Crippen molar-refractivity contribution in [2.24, 2.45) is 0 Å². The molecular weight excluding hydrogens is 302 g/mol. The lowest BCUT2D eigenvalue weighted by Crippen LogP contribution is -2.35. The van der Waals surface area contributed by atoms with Crippen LogP contribution in [0.15, 0.2) is 66.9 Å². The molecule has 2 N–H and O–H groups in total. The number of rotatable bonds is 8. The zero-order valence-corrected chi connectivity index (χ0v) is 13.6. The van der Waals surface area contributed by atoms with Gasteiger partial charge in [0.05, 0.1) is 0 Å². The SMILES string of the molecule is CCc1ccc(C(=O)/C=C\NC(Cc2ccccc2)C(=O)O)cc1. The Hall–Kier alpha value is -2.88. The highest BCUT2D eigenvalue weighted by atomic mass is 16.4. The smallest absolute Gasteiger partial charge is 0.326 e. The summed E-state index contributed by atoms with van der Waals surface area (Å²) in [6.07, 6.45) is 4.05. The van der Waals surface area contributed by atoms with Crippen LogP contribution in [0.2, 0.25) is 0 Å². The summed E-state index contributed by atoms with van der Waals surface area (Å²) in [7, 11) is 0. The second-order valence-electron chi connectivity index (χ2n) is 5.50. The first kappa shape index (κ1) is 17.5.